The fourth-order valence-corrected chi connectivity index (χ4v) is 3.62. The molecule has 1 aromatic carbocycles. The van der Waals surface area contributed by atoms with Crippen LogP contribution in [-0.2, 0) is 19.1 Å². The number of nitrogens with two attached hydrogens (primary N) is 1. The first kappa shape index (κ1) is 17.9. The van der Waals surface area contributed by atoms with Gasteiger partial charge in [0.2, 0.25) is 11.6 Å². The van der Waals surface area contributed by atoms with Crippen molar-refractivity contribution in [3.8, 4) is 0 Å². The van der Waals surface area contributed by atoms with E-state index in [-0.39, 0.29) is 24.7 Å². The molecule has 0 aromatic heterocycles. The van der Waals surface area contributed by atoms with Crippen molar-refractivity contribution >= 4 is 29.4 Å². The number of hydrogen-bond donors (Lipinski definition) is 1. The van der Waals surface area contributed by atoms with Gasteiger partial charge in [-0.2, -0.15) is 0 Å². The Hall–Kier alpha value is -2.90. The van der Waals surface area contributed by atoms with Crippen LogP contribution < -0.4 is 10.6 Å². The summed E-state index contributed by atoms with van der Waals surface area (Å²) < 4.78 is 5.07. The van der Waals surface area contributed by atoms with Crippen LogP contribution in [0.3, 0.4) is 0 Å². The summed E-state index contributed by atoms with van der Waals surface area (Å²) in [6.45, 7) is 1.68. The number of unbranched alkanes of at least 4 members (excludes halogenated alkanes) is 1. The first-order valence-corrected chi connectivity index (χ1v) is 8.63. The van der Waals surface area contributed by atoms with Crippen LogP contribution in [0, 0.1) is 0 Å². The maximum absolute atomic E-state index is 13.1. The van der Waals surface area contributed by atoms with Crippen LogP contribution in [0.25, 0.3) is 0 Å². The molecule has 138 valence electrons. The van der Waals surface area contributed by atoms with Crippen molar-refractivity contribution in [2.45, 2.75) is 38.3 Å². The van der Waals surface area contributed by atoms with E-state index in [1.54, 1.807) is 24.3 Å². The van der Waals surface area contributed by atoms with Crippen LogP contribution in [0.15, 0.2) is 24.3 Å². The normalized spacial score (nSPS) is 21.4. The Balaban J connectivity index is 2.12. The van der Waals surface area contributed by atoms with Crippen molar-refractivity contribution in [1.82, 2.24) is 4.90 Å². The van der Waals surface area contributed by atoms with Crippen LogP contribution in [0.4, 0.5) is 5.69 Å². The van der Waals surface area contributed by atoms with Crippen molar-refractivity contribution in [3.63, 3.8) is 0 Å². The summed E-state index contributed by atoms with van der Waals surface area (Å²) in [4.78, 5) is 52.5. The molecule has 0 saturated carbocycles. The first-order chi connectivity index (χ1) is 12.4. The molecule has 2 aliphatic rings. The maximum Gasteiger partial charge on any atom is 0.354 e. The van der Waals surface area contributed by atoms with Crippen LogP contribution in [0.1, 0.15) is 43.0 Å². The van der Waals surface area contributed by atoms with E-state index in [0.29, 0.717) is 24.2 Å². The summed E-state index contributed by atoms with van der Waals surface area (Å²) in [5, 5.41) is 0. The predicted octanol–water partition coefficient (Wildman–Crippen LogP) is 0.794. The number of ether oxygens (including phenoxy) is 1. The van der Waals surface area contributed by atoms with Crippen molar-refractivity contribution in [1.29, 1.82) is 0 Å². The van der Waals surface area contributed by atoms with Crippen LogP contribution in [0.5, 0.6) is 0 Å². The summed E-state index contributed by atoms with van der Waals surface area (Å²) in [7, 11) is 0. The van der Waals surface area contributed by atoms with E-state index in [4.69, 9.17) is 10.5 Å². The van der Waals surface area contributed by atoms with Gasteiger partial charge in [-0.25, -0.2) is 4.79 Å². The molecule has 1 atom stereocenters. The Morgan fingerprint density at radius 3 is 2.69 bits per heavy atom. The lowest BCUT2D eigenvalue weighted by Crippen LogP contribution is -2.68. The molecule has 2 aliphatic heterocycles. The Morgan fingerprint density at radius 1 is 1.27 bits per heavy atom. The van der Waals surface area contributed by atoms with Crippen molar-refractivity contribution in [2.75, 3.05) is 18.1 Å². The third kappa shape index (κ3) is 2.61. The predicted molar refractivity (Wildman–Crippen MR) is 92.0 cm³/mol. The minimum Gasteiger partial charge on any atom is -0.452 e. The Kier molecular flexibility index (Phi) is 4.67. The molecule has 2 heterocycles. The molecule has 0 radical (unpaired) electrons. The minimum atomic E-state index is -1.56. The second-order valence-electron chi connectivity index (χ2n) is 6.42. The Labute approximate surface area is 150 Å². The van der Waals surface area contributed by atoms with Gasteiger partial charge in [0.1, 0.15) is 0 Å². The van der Waals surface area contributed by atoms with Gasteiger partial charge < -0.3 is 15.4 Å². The van der Waals surface area contributed by atoms with E-state index in [1.807, 2.05) is 6.92 Å². The quantitative estimate of drug-likeness (QED) is 0.755. The van der Waals surface area contributed by atoms with Crippen molar-refractivity contribution in [2.24, 2.45) is 5.73 Å². The van der Waals surface area contributed by atoms with Crippen LogP contribution in [-0.4, -0.2) is 47.4 Å². The summed E-state index contributed by atoms with van der Waals surface area (Å²) in [5.74, 6) is -2.19. The van der Waals surface area contributed by atoms with Gasteiger partial charge in [0, 0.05) is 19.4 Å². The fourth-order valence-electron chi connectivity index (χ4n) is 3.62. The molecule has 0 bridgehead atoms. The second kappa shape index (κ2) is 6.78. The van der Waals surface area contributed by atoms with Gasteiger partial charge in [0.25, 0.3) is 11.8 Å². The van der Waals surface area contributed by atoms with Gasteiger partial charge in [-0.3, -0.25) is 19.3 Å². The molecule has 8 heteroatoms. The molecule has 0 spiro atoms. The van der Waals surface area contributed by atoms with Gasteiger partial charge in [0.05, 0.1) is 11.3 Å². The Morgan fingerprint density at radius 2 is 2.00 bits per heavy atom. The molecule has 3 rings (SSSR count). The lowest BCUT2D eigenvalue weighted by Gasteiger charge is -2.48. The highest BCUT2D eigenvalue weighted by Gasteiger charge is 2.61. The summed E-state index contributed by atoms with van der Waals surface area (Å²) in [5.41, 5.74) is 4.28. The van der Waals surface area contributed by atoms with E-state index in [0.717, 1.165) is 6.42 Å². The molecule has 26 heavy (non-hydrogen) atoms. The van der Waals surface area contributed by atoms with E-state index < -0.39 is 24.1 Å². The number of esters is 1. The zero-order valence-corrected chi connectivity index (χ0v) is 14.6. The number of carbonyl (C=O) groups is 4. The largest absolute Gasteiger partial charge is 0.452 e. The van der Waals surface area contributed by atoms with Gasteiger partial charge >= 0.3 is 5.97 Å². The first-order valence-electron chi connectivity index (χ1n) is 8.63. The summed E-state index contributed by atoms with van der Waals surface area (Å²) >= 11 is 0. The third-order valence-corrected chi connectivity index (χ3v) is 4.78. The number of fused-ring (bicyclic) bond motifs is 3. The van der Waals surface area contributed by atoms with Gasteiger partial charge in [0.15, 0.2) is 6.61 Å². The number of hydrogen-bond acceptors (Lipinski definition) is 5. The highest BCUT2D eigenvalue weighted by molar-refractivity contribution is 6.15. The molecule has 1 fully saturated rings. The molecular formula is C18H21N3O5. The molecule has 3 amide bonds. The molecule has 1 aromatic rings. The third-order valence-electron chi connectivity index (χ3n) is 4.78. The number of benzene rings is 1. The van der Waals surface area contributed by atoms with Gasteiger partial charge in [-0.05, 0) is 18.6 Å². The molecule has 8 nitrogen and oxygen atoms in total. The molecule has 0 unspecified atom stereocenters. The Bertz CT molecular complexity index is 778. The average molecular weight is 359 g/mol. The second-order valence-corrected chi connectivity index (χ2v) is 6.42. The topological polar surface area (TPSA) is 110 Å². The number of rotatable bonds is 6. The van der Waals surface area contributed by atoms with Crippen LogP contribution >= 0.6 is 0 Å². The fraction of sp³-hybridized carbons (Fsp3) is 0.444. The number of amides is 3. The monoisotopic (exact) mass is 359 g/mol. The molecular weight excluding hydrogens is 338 g/mol. The van der Waals surface area contributed by atoms with Crippen molar-refractivity contribution in [3.05, 3.63) is 29.8 Å². The van der Waals surface area contributed by atoms with E-state index >= 15 is 0 Å². The van der Waals surface area contributed by atoms with E-state index in [2.05, 4.69) is 0 Å². The highest BCUT2D eigenvalue weighted by atomic mass is 16.5. The summed E-state index contributed by atoms with van der Waals surface area (Å²) in [6.07, 6.45) is 1.70. The van der Waals surface area contributed by atoms with E-state index in [9.17, 15) is 19.2 Å². The number of primary amides is 1. The smallest absolute Gasteiger partial charge is 0.354 e. The zero-order valence-electron chi connectivity index (χ0n) is 14.6. The number of carbonyl (C=O) groups excluding carboxylic acids is 4. The van der Waals surface area contributed by atoms with Gasteiger partial charge in [-0.15, -0.1) is 0 Å². The maximum atomic E-state index is 13.1. The SMILES string of the molecule is CCCCN1C(=O)c2ccccc2N2C(=O)CC[C@]12C(=O)OCC(N)=O. The number of para-hydroxylation sites is 1. The highest BCUT2D eigenvalue weighted by Crippen LogP contribution is 2.45. The minimum absolute atomic E-state index is 0.107. The number of anilines is 1. The van der Waals surface area contributed by atoms with Crippen LogP contribution in [0.2, 0.25) is 0 Å². The van der Waals surface area contributed by atoms with E-state index in [1.165, 1.54) is 9.80 Å². The standard InChI is InChI=1S/C18H21N3O5/c1-2-3-10-20-16(24)12-6-4-5-7-13(12)21-15(23)8-9-18(20,21)17(25)26-11-14(19)22/h4-7H,2-3,8-11H2,1H3,(H2,19,22)/t18-/m0/s1. The molecule has 0 aliphatic carbocycles. The van der Waals surface area contributed by atoms with Gasteiger partial charge in [-0.1, -0.05) is 25.5 Å². The zero-order chi connectivity index (χ0) is 18.9. The summed E-state index contributed by atoms with van der Waals surface area (Å²) in [6, 6.07) is 6.71. The lowest BCUT2D eigenvalue weighted by molar-refractivity contribution is -0.159. The van der Waals surface area contributed by atoms with Crippen molar-refractivity contribution < 1.29 is 23.9 Å². The molecule has 2 N–H and O–H groups in total. The number of nitrogens with zero attached hydrogens (tertiary/aromatic N) is 2. The molecule has 1 saturated heterocycles. The lowest BCUT2D eigenvalue weighted by atomic mass is 9.96. The average Bonchev–Trinajstić information content (AvgIpc) is 2.98.